The molecule has 0 aliphatic heterocycles. The van der Waals surface area contributed by atoms with Crippen LogP contribution in [0.1, 0.15) is 77.3 Å². The van der Waals surface area contributed by atoms with Crippen molar-refractivity contribution >= 4 is 23.3 Å². The van der Waals surface area contributed by atoms with Gasteiger partial charge in [-0.25, -0.2) is 0 Å². The maximum absolute atomic E-state index is 13.6. The van der Waals surface area contributed by atoms with Gasteiger partial charge in [0.25, 0.3) is 0 Å². The Bertz CT molecular complexity index is 838. The van der Waals surface area contributed by atoms with E-state index in [0.29, 0.717) is 11.7 Å². The van der Waals surface area contributed by atoms with E-state index in [1.807, 2.05) is 74.1 Å². The zero-order chi connectivity index (χ0) is 21.5. The minimum absolute atomic E-state index is 0.0716. The normalized spacial score (nSPS) is 21.4. The summed E-state index contributed by atoms with van der Waals surface area (Å²) in [5, 5.41) is 0.315. The third-order valence-corrected chi connectivity index (χ3v) is 7.74. The molecule has 2 nitrogen and oxygen atoms in total. The van der Waals surface area contributed by atoms with Crippen molar-refractivity contribution in [3.05, 3.63) is 70.8 Å². The fourth-order valence-electron chi connectivity index (χ4n) is 4.43. The molecule has 3 rings (SSSR count). The number of carbonyl (C=O) groups excluding carboxylic acids is 2. The smallest absolute Gasteiger partial charge is 0.167 e. The summed E-state index contributed by atoms with van der Waals surface area (Å²) in [5.74, 6) is 1.54. The Hall–Kier alpha value is -1.87. The van der Waals surface area contributed by atoms with E-state index in [-0.39, 0.29) is 23.4 Å². The number of Topliss-reactive ketones (excluding diaryl/α,β-unsaturated/α-hetero) is 2. The lowest BCUT2D eigenvalue weighted by Gasteiger charge is -2.37. The molecule has 0 bridgehead atoms. The summed E-state index contributed by atoms with van der Waals surface area (Å²) in [6, 6.07) is 15.8. The van der Waals surface area contributed by atoms with E-state index in [2.05, 4.69) is 6.92 Å². The Morgan fingerprint density at radius 1 is 0.900 bits per heavy atom. The molecule has 2 aromatic rings. The van der Waals surface area contributed by atoms with Crippen molar-refractivity contribution in [1.82, 2.24) is 0 Å². The van der Waals surface area contributed by atoms with Crippen LogP contribution in [-0.4, -0.2) is 22.6 Å². The summed E-state index contributed by atoms with van der Waals surface area (Å²) in [4.78, 5) is 26.6. The van der Waals surface area contributed by atoms with Gasteiger partial charge in [0.2, 0.25) is 0 Å². The molecule has 0 unspecified atom stereocenters. The Balaban J connectivity index is 1.82. The minimum atomic E-state index is -0.0716. The van der Waals surface area contributed by atoms with Gasteiger partial charge < -0.3 is 0 Å². The second-order valence-corrected chi connectivity index (χ2v) is 10.1. The molecule has 0 aromatic heterocycles. The van der Waals surface area contributed by atoms with Crippen LogP contribution >= 0.6 is 11.8 Å². The number of carbonyl (C=O) groups is 2. The lowest BCUT2D eigenvalue weighted by Crippen LogP contribution is -2.38. The third kappa shape index (κ3) is 5.85. The predicted molar refractivity (Wildman–Crippen MR) is 128 cm³/mol. The van der Waals surface area contributed by atoms with Crippen molar-refractivity contribution in [3.63, 3.8) is 0 Å². The van der Waals surface area contributed by atoms with Gasteiger partial charge >= 0.3 is 0 Å². The van der Waals surface area contributed by atoms with E-state index in [0.717, 1.165) is 47.3 Å². The predicted octanol–water partition coefficient (Wildman–Crippen LogP) is 7.08. The number of thioether (sulfide) groups is 1. The maximum Gasteiger partial charge on any atom is 0.167 e. The number of rotatable bonds is 9. The average Bonchev–Trinajstić information content (AvgIpc) is 2.74. The molecule has 0 spiro atoms. The number of unbranched alkanes of at least 4 members (excludes halogenated alkanes) is 1. The van der Waals surface area contributed by atoms with E-state index in [1.165, 1.54) is 12.8 Å². The Morgan fingerprint density at radius 3 is 2.10 bits per heavy atom. The van der Waals surface area contributed by atoms with Crippen LogP contribution < -0.4 is 0 Å². The molecule has 1 aliphatic carbocycles. The van der Waals surface area contributed by atoms with E-state index in [4.69, 9.17) is 0 Å². The fraction of sp³-hybridized carbons (Fsp3) is 0.481. The summed E-state index contributed by atoms with van der Waals surface area (Å²) in [5.41, 5.74) is 3.88. The zero-order valence-electron chi connectivity index (χ0n) is 18.5. The summed E-state index contributed by atoms with van der Waals surface area (Å²) < 4.78 is 0. The molecule has 1 fully saturated rings. The maximum atomic E-state index is 13.6. The Kier molecular flexibility index (Phi) is 8.32. The van der Waals surface area contributed by atoms with Crippen LogP contribution in [0.25, 0.3) is 0 Å². The summed E-state index contributed by atoms with van der Waals surface area (Å²) in [6.45, 7) is 6.28. The largest absolute Gasteiger partial charge is 0.294 e. The van der Waals surface area contributed by atoms with Crippen molar-refractivity contribution in [2.45, 2.75) is 64.5 Å². The quantitative estimate of drug-likeness (QED) is 0.320. The third-order valence-electron chi connectivity index (χ3n) is 6.26. The molecule has 2 aromatic carbocycles. The Morgan fingerprint density at radius 2 is 1.50 bits per heavy atom. The highest BCUT2D eigenvalue weighted by Gasteiger charge is 2.39. The molecule has 0 amide bonds. The van der Waals surface area contributed by atoms with E-state index in [9.17, 15) is 9.59 Å². The molecule has 160 valence electrons. The highest BCUT2D eigenvalue weighted by Crippen LogP contribution is 2.41. The highest BCUT2D eigenvalue weighted by molar-refractivity contribution is 7.99. The van der Waals surface area contributed by atoms with Crippen molar-refractivity contribution < 1.29 is 9.59 Å². The number of hydrogen-bond acceptors (Lipinski definition) is 3. The van der Waals surface area contributed by atoms with Crippen molar-refractivity contribution in [3.8, 4) is 0 Å². The minimum Gasteiger partial charge on any atom is -0.294 e. The van der Waals surface area contributed by atoms with E-state index >= 15 is 0 Å². The monoisotopic (exact) mass is 422 g/mol. The highest BCUT2D eigenvalue weighted by atomic mass is 32.2. The van der Waals surface area contributed by atoms with Crippen LogP contribution in [-0.2, 0) is 0 Å². The second-order valence-electron chi connectivity index (χ2n) is 8.70. The first kappa shape index (κ1) is 22.8. The van der Waals surface area contributed by atoms with Crippen LogP contribution in [0, 0.1) is 25.7 Å². The number of ketones is 2. The summed E-state index contributed by atoms with van der Waals surface area (Å²) in [7, 11) is 0. The number of aryl methyl sites for hydroxylation is 2. The van der Waals surface area contributed by atoms with Crippen LogP contribution in [0.3, 0.4) is 0 Å². The van der Waals surface area contributed by atoms with Gasteiger partial charge in [0.1, 0.15) is 0 Å². The van der Waals surface area contributed by atoms with Gasteiger partial charge in [0, 0.05) is 28.7 Å². The lowest BCUT2D eigenvalue weighted by atomic mass is 9.72. The molecule has 1 aliphatic rings. The molecular weight excluding hydrogens is 388 g/mol. The number of benzene rings is 2. The first-order valence-corrected chi connectivity index (χ1v) is 12.4. The lowest BCUT2D eigenvalue weighted by molar-refractivity contribution is 0.0793. The van der Waals surface area contributed by atoms with Crippen molar-refractivity contribution in [2.24, 2.45) is 11.8 Å². The van der Waals surface area contributed by atoms with Crippen LogP contribution in [0.15, 0.2) is 48.5 Å². The summed E-state index contributed by atoms with van der Waals surface area (Å²) in [6.07, 6.45) is 5.96. The van der Waals surface area contributed by atoms with Gasteiger partial charge in [-0.15, -0.1) is 0 Å². The second kappa shape index (κ2) is 10.9. The van der Waals surface area contributed by atoms with Crippen LogP contribution in [0.5, 0.6) is 0 Å². The van der Waals surface area contributed by atoms with Crippen molar-refractivity contribution in [2.75, 3.05) is 5.75 Å². The molecular formula is C27H34O2S. The van der Waals surface area contributed by atoms with Gasteiger partial charge in [-0.2, -0.15) is 11.8 Å². The topological polar surface area (TPSA) is 34.1 Å². The SMILES string of the molecule is CCCCS[C@@H]1CCC[C@H](CC(=O)c2ccc(C)cc2)[C@H]1C(=O)c1ccc(C)cc1. The molecule has 0 radical (unpaired) electrons. The molecule has 1 saturated carbocycles. The fourth-order valence-corrected chi connectivity index (χ4v) is 6.07. The summed E-state index contributed by atoms with van der Waals surface area (Å²) >= 11 is 1.95. The molecule has 3 atom stereocenters. The molecule has 0 saturated heterocycles. The van der Waals surface area contributed by atoms with Gasteiger partial charge in [0.05, 0.1) is 0 Å². The van der Waals surface area contributed by atoms with Gasteiger partial charge in [0.15, 0.2) is 11.6 Å². The molecule has 3 heteroatoms. The zero-order valence-corrected chi connectivity index (χ0v) is 19.3. The molecule has 0 heterocycles. The van der Waals surface area contributed by atoms with Gasteiger partial charge in [-0.3, -0.25) is 9.59 Å². The van der Waals surface area contributed by atoms with Gasteiger partial charge in [-0.05, 0) is 44.8 Å². The van der Waals surface area contributed by atoms with E-state index in [1.54, 1.807) is 0 Å². The first-order valence-electron chi connectivity index (χ1n) is 11.3. The van der Waals surface area contributed by atoms with Crippen molar-refractivity contribution in [1.29, 1.82) is 0 Å². The van der Waals surface area contributed by atoms with E-state index < -0.39 is 0 Å². The van der Waals surface area contributed by atoms with Gasteiger partial charge in [-0.1, -0.05) is 79.4 Å². The molecule has 0 N–H and O–H groups in total. The Labute approximate surface area is 185 Å². The standard InChI is InChI=1S/C27H34O2S/c1-4-5-17-30-25-8-6-7-23(18-24(28)21-13-9-19(2)10-14-21)26(25)27(29)22-15-11-20(3)12-16-22/h9-16,23,25-26H,4-8,17-18H2,1-3H3/t23-,25-,26-/m1/s1. The average molecular weight is 423 g/mol. The molecule has 30 heavy (non-hydrogen) atoms. The number of hydrogen-bond donors (Lipinski definition) is 0. The van der Waals surface area contributed by atoms with Crippen LogP contribution in [0.2, 0.25) is 0 Å². The van der Waals surface area contributed by atoms with Crippen LogP contribution in [0.4, 0.5) is 0 Å². The first-order chi connectivity index (χ1) is 14.5.